The van der Waals surface area contributed by atoms with Gasteiger partial charge in [-0.2, -0.15) is 13.2 Å². The number of ether oxygens (including phenoxy) is 1. The van der Waals surface area contributed by atoms with Crippen molar-refractivity contribution in [1.29, 1.82) is 0 Å². The van der Waals surface area contributed by atoms with E-state index in [2.05, 4.69) is 15.4 Å². The number of amides is 2. The average Bonchev–Trinajstić information content (AvgIpc) is 2.26. The lowest BCUT2D eigenvalue weighted by Gasteiger charge is -2.09. The van der Waals surface area contributed by atoms with Crippen LogP contribution in [-0.4, -0.2) is 19.9 Å². The third-order valence-electron chi connectivity index (χ3n) is 1.85. The first-order chi connectivity index (χ1) is 7.93. The topological polar surface area (TPSA) is 50.4 Å². The Hall–Kier alpha value is -1.76. The van der Waals surface area contributed by atoms with Gasteiger partial charge in [0.2, 0.25) is 0 Å². The average molecular weight is 248 g/mol. The van der Waals surface area contributed by atoms with Crippen molar-refractivity contribution in [2.45, 2.75) is 6.18 Å². The first-order valence-corrected chi connectivity index (χ1v) is 4.64. The summed E-state index contributed by atoms with van der Waals surface area (Å²) >= 11 is 0. The Morgan fingerprint density at radius 2 is 1.88 bits per heavy atom. The summed E-state index contributed by atoms with van der Waals surface area (Å²) < 4.78 is 41.3. The third-order valence-corrected chi connectivity index (χ3v) is 1.85. The van der Waals surface area contributed by atoms with Crippen molar-refractivity contribution in [3.05, 3.63) is 29.8 Å². The molecule has 0 aliphatic carbocycles. The molecule has 94 valence electrons. The molecule has 0 aliphatic heterocycles. The van der Waals surface area contributed by atoms with Crippen molar-refractivity contribution >= 4 is 11.7 Å². The van der Waals surface area contributed by atoms with E-state index in [9.17, 15) is 18.0 Å². The third kappa shape index (κ3) is 4.31. The number of benzene rings is 1. The Morgan fingerprint density at radius 1 is 1.29 bits per heavy atom. The Bertz CT molecular complexity index is 376. The molecule has 17 heavy (non-hydrogen) atoms. The van der Waals surface area contributed by atoms with Crippen LogP contribution in [0.15, 0.2) is 24.3 Å². The summed E-state index contributed by atoms with van der Waals surface area (Å²) in [4.78, 5) is 11.1. The molecule has 2 amide bonds. The highest BCUT2D eigenvalue weighted by Gasteiger charge is 2.29. The first-order valence-electron chi connectivity index (χ1n) is 4.64. The molecule has 0 fully saturated rings. The molecule has 1 aromatic rings. The van der Waals surface area contributed by atoms with Crippen molar-refractivity contribution in [3.63, 3.8) is 0 Å². The highest BCUT2D eigenvalue weighted by atomic mass is 19.4. The highest BCUT2D eigenvalue weighted by molar-refractivity contribution is 5.89. The maximum absolute atomic E-state index is 12.2. The molecule has 0 unspecified atom stereocenters. The lowest BCUT2D eigenvalue weighted by Crippen LogP contribution is -2.30. The largest absolute Gasteiger partial charge is 0.416 e. The zero-order valence-corrected chi connectivity index (χ0v) is 8.97. The number of carbonyl (C=O) groups is 1. The molecule has 0 radical (unpaired) electrons. The van der Waals surface area contributed by atoms with Gasteiger partial charge in [0.15, 0.2) is 0 Å². The fourth-order valence-electron chi connectivity index (χ4n) is 1.06. The smallest absolute Gasteiger partial charge is 0.364 e. The normalized spacial score (nSPS) is 11.1. The number of alkyl halides is 3. The lowest BCUT2D eigenvalue weighted by atomic mass is 10.2. The molecule has 0 aromatic heterocycles. The van der Waals surface area contributed by atoms with Crippen LogP contribution >= 0.6 is 0 Å². The number of methoxy groups -OCH3 is 1. The van der Waals surface area contributed by atoms with Crippen LogP contribution in [0.5, 0.6) is 0 Å². The second kappa shape index (κ2) is 5.53. The monoisotopic (exact) mass is 248 g/mol. The van der Waals surface area contributed by atoms with E-state index in [0.717, 1.165) is 12.1 Å². The SMILES string of the molecule is COCNC(=O)Nc1ccc(C(F)(F)F)cc1. The summed E-state index contributed by atoms with van der Waals surface area (Å²) in [6.45, 7) is 0.0203. The van der Waals surface area contributed by atoms with E-state index in [1.807, 2.05) is 0 Å². The number of halogens is 3. The molecular formula is C10H11F3N2O2. The molecule has 0 spiro atoms. The summed E-state index contributed by atoms with van der Waals surface area (Å²) in [5.41, 5.74) is -0.494. The van der Waals surface area contributed by atoms with Crippen LogP contribution in [0.4, 0.5) is 23.7 Å². The number of urea groups is 1. The number of carbonyl (C=O) groups excluding carboxylic acids is 1. The van der Waals surface area contributed by atoms with Crippen molar-refractivity contribution < 1.29 is 22.7 Å². The van der Waals surface area contributed by atoms with Gasteiger partial charge in [0.05, 0.1) is 5.56 Å². The second-order valence-corrected chi connectivity index (χ2v) is 3.14. The van der Waals surface area contributed by atoms with Crippen LogP contribution in [0.3, 0.4) is 0 Å². The Morgan fingerprint density at radius 3 is 2.35 bits per heavy atom. The van der Waals surface area contributed by atoms with E-state index in [1.165, 1.54) is 19.2 Å². The van der Waals surface area contributed by atoms with E-state index in [1.54, 1.807) is 0 Å². The Labute approximate surface area is 95.8 Å². The van der Waals surface area contributed by atoms with Gasteiger partial charge in [-0.15, -0.1) is 0 Å². The van der Waals surface area contributed by atoms with E-state index in [4.69, 9.17) is 0 Å². The minimum atomic E-state index is -4.38. The molecule has 0 saturated heterocycles. The summed E-state index contributed by atoms with van der Waals surface area (Å²) in [6, 6.07) is 3.59. The fourth-order valence-corrected chi connectivity index (χ4v) is 1.06. The zero-order valence-electron chi connectivity index (χ0n) is 8.97. The highest BCUT2D eigenvalue weighted by Crippen LogP contribution is 2.29. The van der Waals surface area contributed by atoms with Crippen molar-refractivity contribution in [2.75, 3.05) is 19.2 Å². The molecule has 0 atom stereocenters. The Kier molecular flexibility index (Phi) is 4.33. The maximum atomic E-state index is 12.2. The van der Waals surface area contributed by atoms with Crippen LogP contribution in [-0.2, 0) is 10.9 Å². The number of hydrogen-bond acceptors (Lipinski definition) is 2. The molecule has 0 aliphatic rings. The van der Waals surface area contributed by atoms with Crippen LogP contribution in [0, 0.1) is 0 Å². The summed E-state index contributed by atoms with van der Waals surface area (Å²) in [6.07, 6.45) is -4.38. The van der Waals surface area contributed by atoms with Gasteiger partial charge in [-0.3, -0.25) is 0 Å². The maximum Gasteiger partial charge on any atom is 0.416 e. The minimum absolute atomic E-state index is 0.0203. The van der Waals surface area contributed by atoms with E-state index >= 15 is 0 Å². The van der Waals surface area contributed by atoms with Crippen molar-refractivity contribution in [1.82, 2.24) is 5.32 Å². The summed E-state index contributed by atoms with van der Waals surface area (Å²) in [5, 5.41) is 4.69. The van der Waals surface area contributed by atoms with Gasteiger partial charge in [-0.25, -0.2) is 4.79 Å². The molecule has 7 heteroatoms. The zero-order chi connectivity index (χ0) is 12.9. The fraction of sp³-hybridized carbons (Fsp3) is 0.300. The van der Waals surface area contributed by atoms with E-state index in [-0.39, 0.29) is 12.4 Å². The van der Waals surface area contributed by atoms with Gasteiger partial charge in [0, 0.05) is 12.8 Å². The molecule has 2 N–H and O–H groups in total. The number of rotatable bonds is 3. The minimum Gasteiger partial charge on any atom is -0.364 e. The predicted molar refractivity (Wildman–Crippen MR) is 55.5 cm³/mol. The number of anilines is 1. The first kappa shape index (κ1) is 13.3. The second-order valence-electron chi connectivity index (χ2n) is 3.14. The summed E-state index contributed by atoms with van der Waals surface area (Å²) in [7, 11) is 1.40. The molecule has 0 saturated carbocycles. The standard InChI is InChI=1S/C10H11F3N2O2/c1-17-6-14-9(16)15-8-4-2-7(3-5-8)10(11,12)13/h2-5H,6H2,1H3,(H2,14,15,16). The van der Waals surface area contributed by atoms with Crippen molar-refractivity contribution in [2.24, 2.45) is 0 Å². The lowest BCUT2D eigenvalue weighted by molar-refractivity contribution is -0.137. The number of hydrogen-bond donors (Lipinski definition) is 2. The van der Waals surface area contributed by atoms with Crippen LogP contribution in [0.1, 0.15) is 5.56 Å². The van der Waals surface area contributed by atoms with Crippen LogP contribution in [0.25, 0.3) is 0 Å². The molecular weight excluding hydrogens is 237 g/mol. The molecule has 1 rings (SSSR count). The van der Waals surface area contributed by atoms with Gasteiger partial charge < -0.3 is 15.4 Å². The van der Waals surface area contributed by atoms with Gasteiger partial charge in [0.25, 0.3) is 0 Å². The molecule has 0 bridgehead atoms. The quantitative estimate of drug-likeness (QED) is 0.807. The van der Waals surface area contributed by atoms with Crippen molar-refractivity contribution in [3.8, 4) is 0 Å². The van der Waals surface area contributed by atoms with Crippen LogP contribution in [0.2, 0.25) is 0 Å². The van der Waals surface area contributed by atoms with E-state index < -0.39 is 17.8 Å². The predicted octanol–water partition coefficient (Wildman–Crippen LogP) is 2.43. The van der Waals surface area contributed by atoms with Crippen LogP contribution < -0.4 is 10.6 Å². The summed E-state index contributed by atoms with van der Waals surface area (Å²) in [5.74, 6) is 0. The molecule has 4 nitrogen and oxygen atoms in total. The van der Waals surface area contributed by atoms with Gasteiger partial charge in [-0.1, -0.05) is 0 Å². The van der Waals surface area contributed by atoms with E-state index in [0.29, 0.717) is 0 Å². The molecule has 1 aromatic carbocycles. The van der Waals surface area contributed by atoms with Gasteiger partial charge in [-0.05, 0) is 24.3 Å². The Balaban J connectivity index is 2.60. The molecule has 0 heterocycles. The number of nitrogens with one attached hydrogen (secondary N) is 2. The van der Waals surface area contributed by atoms with Gasteiger partial charge in [0.1, 0.15) is 6.73 Å². The van der Waals surface area contributed by atoms with Gasteiger partial charge >= 0.3 is 12.2 Å².